The van der Waals surface area contributed by atoms with Gasteiger partial charge in [-0.1, -0.05) is 0 Å². The third-order valence-corrected chi connectivity index (χ3v) is 2.63. The molecule has 0 aliphatic carbocycles. The van der Waals surface area contributed by atoms with Crippen LogP contribution in [0.4, 0.5) is 0 Å². The largest absolute Gasteiger partial charge is 0.369 e. The minimum absolute atomic E-state index is 0.160. The predicted molar refractivity (Wildman–Crippen MR) is 71.1 cm³/mol. The second-order valence-electron chi connectivity index (χ2n) is 3.88. The maximum Gasteiger partial charge on any atom is 0.350 e. The van der Waals surface area contributed by atoms with Crippen LogP contribution in [0.2, 0.25) is 0 Å². The van der Waals surface area contributed by atoms with E-state index in [1.165, 1.54) is 6.34 Å². The van der Waals surface area contributed by atoms with Crippen molar-refractivity contribution in [2.24, 2.45) is 15.7 Å². The molecule has 0 spiro atoms. The van der Waals surface area contributed by atoms with Gasteiger partial charge in [-0.15, -0.1) is 0 Å². The Balaban J connectivity index is 2.65. The molecule has 0 radical (unpaired) electrons. The average Bonchev–Trinajstić information content (AvgIpc) is 2.32. The van der Waals surface area contributed by atoms with Gasteiger partial charge in [-0.2, -0.15) is 0 Å². The van der Waals surface area contributed by atoms with Crippen LogP contribution in [-0.2, 0) is 9.30 Å². The summed E-state index contributed by atoms with van der Waals surface area (Å²) in [6, 6.07) is 0. The topological polar surface area (TPSA) is 153 Å². The van der Waals surface area contributed by atoms with Crippen LogP contribution in [-0.4, -0.2) is 40.8 Å². The zero-order valence-electron chi connectivity index (χ0n) is 10.3. The lowest BCUT2D eigenvalue weighted by atomic mass is 10.1. The van der Waals surface area contributed by atoms with Crippen molar-refractivity contribution in [3.05, 3.63) is 11.4 Å². The van der Waals surface area contributed by atoms with Crippen molar-refractivity contribution >= 4 is 26.1 Å². The number of guanidine groups is 1. The maximum absolute atomic E-state index is 10.7. The quantitative estimate of drug-likeness (QED) is 0.335. The minimum atomic E-state index is -4.19. The van der Waals surface area contributed by atoms with Gasteiger partial charge in [-0.05, 0) is 6.92 Å². The molecule has 0 unspecified atom stereocenters. The molecule has 1 rings (SSSR count). The van der Waals surface area contributed by atoms with Gasteiger partial charge in [-0.3, -0.25) is 4.57 Å². The Labute approximate surface area is 109 Å². The maximum atomic E-state index is 10.7. The lowest BCUT2D eigenvalue weighted by Gasteiger charge is -2.17. The van der Waals surface area contributed by atoms with Crippen LogP contribution in [0, 0.1) is 5.41 Å². The minimum Gasteiger partial charge on any atom is -0.369 e. The molecule has 106 valence electrons. The first kappa shape index (κ1) is 15.5. The number of nitrogens with two attached hydrogens (primary N) is 1. The van der Waals surface area contributed by atoms with Crippen LogP contribution in [0.25, 0.3) is 0 Å². The molecule has 9 nitrogen and oxygen atoms in total. The summed E-state index contributed by atoms with van der Waals surface area (Å²) in [5.41, 5.74) is 5.96. The standard InChI is InChI=1S/C9H16N5O4P/c1-6(18-5-19(15,16)17)2-7(3-10)8-12-4-13-9(11)14-8/h3-4,6,10H,2,5H2,1H3,(H2,15,16,17)(H3,11,12,13,14)/b8-7-,10-3?/t6-/m0/s1. The molecule has 1 aliphatic heterocycles. The molecule has 0 saturated carbocycles. The van der Waals surface area contributed by atoms with Crippen molar-refractivity contribution in [2.75, 3.05) is 6.35 Å². The van der Waals surface area contributed by atoms with E-state index in [4.69, 9.17) is 25.7 Å². The summed E-state index contributed by atoms with van der Waals surface area (Å²) in [5.74, 6) is 0.530. The summed E-state index contributed by atoms with van der Waals surface area (Å²) in [7, 11) is -4.19. The van der Waals surface area contributed by atoms with E-state index in [9.17, 15) is 4.57 Å². The third kappa shape index (κ3) is 5.75. The zero-order valence-corrected chi connectivity index (χ0v) is 11.2. The molecule has 0 aromatic heterocycles. The van der Waals surface area contributed by atoms with E-state index in [0.29, 0.717) is 11.4 Å². The molecule has 0 bridgehead atoms. The van der Waals surface area contributed by atoms with E-state index < -0.39 is 20.0 Å². The highest BCUT2D eigenvalue weighted by Gasteiger charge is 2.17. The normalized spacial score (nSPS) is 19.4. The van der Waals surface area contributed by atoms with Gasteiger partial charge >= 0.3 is 7.60 Å². The first-order valence-electron chi connectivity index (χ1n) is 5.34. The molecule has 1 atom stereocenters. The molecular formula is C9H16N5O4P. The SMILES string of the molecule is C[C@@H](C/C(C=N)=C1\N=CN=C(N)N1)OCP(=O)(O)O. The van der Waals surface area contributed by atoms with Crippen molar-refractivity contribution in [2.45, 2.75) is 19.4 Å². The molecule has 0 amide bonds. The van der Waals surface area contributed by atoms with E-state index in [-0.39, 0.29) is 12.4 Å². The number of ether oxygens (including phenoxy) is 1. The molecule has 0 aromatic rings. The summed E-state index contributed by atoms with van der Waals surface area (Å²) in [4.78, 5) is 25.0. The number of nitrogens with one attached hydrogen (secondary N) is 2. The lowest BCUT2D eigenvalue weighted by Crippen LogP contribution is -2.33. The third-order valence-electron chi connectivity index (χ3n) is 2.14. The second-order valence-corrected chi connectivity index (χ2v) is 5.46. The molecule has 6 N–H and O–H groups in total. The van der Waals surface area contributed by atoms with Crippen LogP contribution >= 0.6 is 7.60 Å². The number of rotatable bonds is 6. The predicted octanol–water partition coefficient (Wildman–Crippen LogP) is -0.276. The molecule has 1 heterocycles. The summed E-state index contributed by atoms with van der Waals surface area (Å²) in [6.07, 6.45) is 1.46. The summed E-state index contributed by atoms with van der Waals surface area (Å²) >= 11 is 0. The molecule has 19 heavy (non-hydrogen) atoms. The highest BCUT2D eigenvalue weighted by atomic mass is 31.2. The van der Waals surface area contributed by atoms with E-state index in [1.807, 2.05) is 0 Å². The Bertz CT molecular complexity index is 481. The van der Waals surface area contributed by atoms with Crippen molar-refractivity contribution in [3.63, 3.8) is 0 Å². The fraction of sp³-hybridized carbons (Fsp3) is 0.444. The van der Waals surface area contributed by atoms with Gasteiger partial charge < -0.3 is 31.0 Å². The van der Waals surface area contributed by atoms with Gasteiger partial charge in [0, 0.05) is 18.2 Å². The Morgan fingerprint density at radius 1 is 1.74 bits per heavy atom. The van der Waals surface area contributed by atoms with Gasteiger partial charge in [0.05, 0.1) is 6.10 Å². The van der Waals surface area contributed by atoms with Gasteiger partial charge in [0.1, 0.15) is 18.5 Å². The monoisotopic (exact) mass is 289 g/mol. The molecule has 10 heteroatoms. The van der Waals surface area contributed by atoms with E-state index in [0.717, 1.165) is 6.21 Å². The first-order valence-corrected chi connectivity index (χ1v) is 7.14. The van der Waals surface area contributed by atoms with Gasteiger partial charge in [0.2, 0.25) is 0 Å². The Kier molecular flexibility index (Phi) is 5.37. The molecule has 0 fully saturated rings. The summed E-state index contributed by atoms with van der Waals surface area (Å²) in [6.45, 7) is 1.64. The van der Waals surface area contributed by atoms with Gasteiger partial charge in [-0.25, -0.2) is 9.98 Å². The van der Waals surface area contributed by atoms with E-state index >= 15 is 0 Å². The highest BCUT2D eigenvalue weighted by Crippen LogP contribution is 2.34. The summed E-state index contributed by atoms with van der Waals surface area (Å²) < 4.78 is 15.7. The number of aliphatic imine (C=N–C) groups is 2. The fourth-order valence-corrected chi connectivity index (χ4v) is 1.76. The Morgan fingerprint density at radius 3 is 2.95 bits per heavy atom. The van der Waals surface area contributed by atoms with Crippen LogP contribution < -0.4 is 11.1 Å². The fourth-order valence-electron chi connectivity index (χ4n) is 1.31. The van der Waals surface area contributed by atoms with Crippen LogP contribution in [0.1, 0.15) is 13.3 Å². The van der Waals surface area contributed by atoms with Crippen molar-refractivity contribution in [3.8, 4) is 0 Å². The van der Waals surface area contributed by atoms with Crippen molar-refractivity contribution < 1.29 is 19.1 Å². The van der Waals surface area contributed by atoms with Gasteiger partial charge in [0.25, 0.3) is 0 Å². The van der Waals surface area contributed by atoms with Crippen LogP contribution in [0.3, 0.4) is 0 Å². The zero-order chi connectivity index (χ0) is 14.5. The second kappa shape index (κ2) is 6.58. The lowest BCUT2D eigenvalue weighted by molar-refractivity contribution is 0.0894. The first-order chi connectivity index (χ1) is 8.81. The average molecular weight is 289 g/mol. The number of hydrogen-bond donors (Lipinski definition) is 5. The van der Waals surface area contributed by atoms with Crippen molar-refractivity contribution in [1.82, 2.24) is 5.32 Å². The smallest absolute Gasteiger partial charge is 0.350 e. The Hall–Kier alpha value is -1.54. The van der Waals surface area contributed by atoms with E-state index in [1.54, 1.807) is 6.92 Å². The molecule has 1 aliphatic rings. The summed E-state index contributed by atoms with van der Waals surface area (Å²) in [5, 5.41) is 10.0. The van der Waals surface area contributed by atoms with E-state index in [2.05, 4.69) is 15.3 Å². The van der Waals surface area contributed by atoms with Crippen molar-refractivity contribution in [1.29, 1.82) is 5.41 Å². The molecule has 0 saturated heterocycles. The number of nitrogens with zero attached hydrogens (tertiary/aromatic N) is 2. The Morgan fingerprint density at radius 2 is 2.42 bits per heavy atom. The highest BCUT2D eigenvalue weighted by molar-refractivity contribution is 7.51. The molecule has 0 aromatic carbocycles. The van der Waals surface area contributed by atoms with Crippen LogP contribution in [0.5, 0.6) is 0 Å². The van der Waals surface area contributed by atoms with Crippen LogP contribution in [0.15, 0.2) is 21.4 Å². The number of hydrogen-bond acceptors (Lipinski definition) is 7. The van der Waals surface area contributed by atoms with Gasteiger partial charge in [0.15, 0.2) is 5.96 Å². The molecular weight excluding hydrogens is 273 g/mol.